The van der Waals surface area contributed by atoms with Gasteiger partial charge in [-0.2, -0.15) is 0 Å². The number of rotatable bonds is 4. The lowest BCUT2D eigenvalue weighted by molar-refractivity contribution is -0.127. The summed E-state index contributed by atoms with van der Waals surface area (Å²) in [6.07, 6.45) is 4.28. The zero-order valence-electron chi connectivity index (χ0n) is 14.5. The number of urea groups is 1. The molecule has 1 N–H and O–H groups in total. The fourth-order valence-corrected chi connectivity index (χ4v) is 3.59. The maximum atomic E-state index is 12.4. The van der Waals surface area contributed by atoms with E-state index in [9.17, 15) is 9.59 Å². The molecule has 0 radical (unpaired) electrons. The van der Waals surface area contributed by atoms with Gasteiger partial charge >= 0.3 is 6.03 Å². The van der Waals surface area contributed by atoms with Gasteiger partial charge in [0.05, 0.1) is 6.61 Å². The summed E-state index contributed by atoms with van der Waals surface area (Å²) in [7, 11) is 1.69. The van der Waals surface area contributed by atoms with E-state index in [1.165, 1.54) is 17.7 Å². The standard InChI is InChI=1S/C16H27N5O3/c1-3-24-11-10-21-12-13(19(2)16(23)18-14(12)22)17-15(21)20-8-6-4-5-7-9-20/h12-13H,3-11H2,1-2H3,(H,18,22,23). The van der Waals surface area contributed by atoms with E-state index in [2.05, 4.69) is 10.2 Å². The van der Waals surface area contributed by atoms with E-state index in [0.29, 0.717) is 19.8 Å². The number of amides is 3. The first-order valence-corrected chi connectivity index (χ1v) is 8.88. The number of aliphatic imine (C=N–C) groups is 1. The first-order chi connectivity index (χ1) is 11.6. The molecule has 24 heavy (non-hydrogen) atoms. The zero-order chi connectivity index (χ0) is 17.1. The number of nitrogens with one attached hydrogen (secondary N) is 1. The van der Waals surface area contributed by atoms with Gasteiger partial charge in [-0.3, -0.25) is 10.1 Å². The highest BCUT2D eigenvalue weighted by molar-refractivity contribution is 6.03. The van der Waals surface area contributed by atoms with Crippen LogP contribution in [-0.2, 0) is 9.53 Å². The van der Waals surface area contributed by atoms with Gasteiger partial charge in [-0.1, -0.05) is 12.8 Å². The van der Waals surface area contributed by atoms with Crippen LogP contribution in [0.5, 0.6) is 0 Å². The highest BCUT2D eigenvalue weighted by atomic mass is 16.5. The molecule has 2 atom stereocenters. The van der Waals surface area contributed by atoms with Crippen LogP contribution in [0.2, 0.25) is 0 Å². The molecule has 8 nitrogen and oxygen atoms in total. The number of carbonyl (C=O) groups excluding carboxylic acids is 2. The van der Waals surface area contributed by atoms with Gasteiger partial charge in [0.25, 0.3) is 5.91 Å². The molecule has 0 aliphatic carbocycles. The van der Waals surface area contributed by atoms with Crippen molar-refractivity contribution in [2.24, 2.45) is 4.99 Å². The number of ether oxygens (including phenoxy) is 1. The van der Waals surface area contributed by atoms with Crippen LogP contribution < -0.4 is 5.32 Å². The fourth-order valence-electron chi connectivity index (χ4n) is 3.59. The van der Waals surface area contributed by atoms with Crippen molar-refractivity contribution in [3.8, 4) is 0 Å². The Morgan fingerprint density at radius 1 is 1.21 bits per heavy atom. The van der Waals surface area contributed by atoms with Crippen LogP contribution in [0.15, 0.2) is 4.99 Å². The lowest BCUT2D eigenvalue weighted by atomic mass is 10.1. The van der Waals surface area contributed by atoms with Crippen molar-refractivity contribution in [3.05, 3.63) is 0 Å². The molecule has 0 saturated carbocycles. The first-order valence-electron chi connectivity index (χ1n) is 8.88. The minimum atomic E-state index is -0.466. The predicted molar refractivity (Wildman–Crippen MR) is 89.6 cm³/mol. The Bertz CT molecular complexity index is 516. The minimum absolute atomic E-state index is 0.270. The second-order valence-electron chi connectivity index (χ2n) is 6.48. The Morgan fingerprint density at radius 2 is 1.92 bits per heavy atom. The molecule has 3 rings (SSSR count). The summed E-state index contributed by atoms with van der Waals surface area (Å²) in [5, 5.41) is 2.43. The number of likely N-dealkylation sites (tertiary alicyclic amines) is 1. The van der Waals surface area contributed by atoms with E-state index >= 15 is 0 Å². The summed E-state index contributed by atoms with van der Waals surface area (Å²) in [5.74, 6) is 0.566. The van der Waals surface area contributed by atoms with Crippen molar-refractivity contribution in [3.63, 3.8) is 0 Å². The number of nitrogens with zero attached hydrogens (tertiary/aromatic N) is 4. The summed E-state index contributed by atoms with van der Waals surface area (Å²) < 4.78 is 5.49. The normalized spacial score (nSPS) is 27.8. The average Bonchev–Trinajstić information content (AvgIpc) is 2.75. The van der Waals surface area contributed by atoms with E-state index in [1.54, 1.807) is 7.05 Å². The van der Waals surface area contributed by atoms with Gasteiger partial charge < -0.3 is 19.4 Å². The Balaban J connectivity index is 1.84. The molecular weight excluding hydrogens is 310 g/mol. The van der Waals surface area contributed by atoms with Crippen LogP contribution in [0, 0.1) is 0 Å². The van der Waals surface area contributed by atoms with Gasteiger partial charge in [-0.25, -0.2) is 9.79 Å². The van der Waals surface area contributed by atoms with Crippen LogP contribution in [0.1, 0.15) is 32.6 Å². The van der Waals surface area contributed by atoms with E-state index in [4.69, 9.17) is 9.73 Å². The summed E-state index contributed by atoms with van der Waals surface area (Å²) >= 11 is 0. The van der Waals surface area contributed by atoms with Crippen LogP contribution in [-0.4, -0.2) is 84.7 Å². The largest absolute Gasteiger partial charge is 0.380 e. The van der Waals surface area contributed by atoms with Crippen LogP contribution in [0.3, 0.4) is 0 Å². The molecule has 3 heterocycles. The molecule has 0 bridgehead atoms. The Kier molecular flexibility index (Phi) is 5.23. The Labute approximate surface area is 142 Å². The zero-order valence-corrected chi connectivity index (χ0v) is 14.5. The van der Waals surface area contributed by atoms with Crippen molar-refractivity contribution in [1.29, 1.82) is 0 Å². The second kappa shape index (κ2) is 7.38. The number of hydrogen-bond donors (Lipinski definition) is 1. The van der Waals surface area contributed by atoms with Crippen molar-refractivity contribution < 1.29 is 14.3 Å². The van der Waals surface area contributed by atoms with E-state index in [-0.39, 0.29) is 11.9 Å². The molecule has 3 amide bonds. The van der Waals surface area contributed by atoms with Gasteiger partial charge in [-0.15, -0.1) is 0 Å². The average molecular weight is 337 g/mol. The van der Waals surface area contributed by atoms with E-state index in [1.807, 2.05) is 11.8 Å². The summed E-state index contributed by atoms with van der Waals surface area (Å²) in [5.41, 5.74) is 0. The van der Waals surface area contributed by atoms with Gasteiger partial charge in [0.15, 0.2) is 18.2 Å². The van der Waals surface area contributed by atoms with E-state index in [0.717, 1.165) is 31.9 Å². The molecule has 0 aromatic heterocycles. The Morgan fingerprint density at radius 3 is 2.58 bits per heavy atom. The predicted octanol–water partition coefficient (Wildman–Crippen LogP) is 0.447. The minimum Gasteiger partial charge on any atom is -0.380 e. The highest BCUT2D eigenvalue weighted by Crippen LogP contribution is 2.26. The number of imide groups is 1. The fraction of sp³-hybridized carbons (Fsp3) is 0.812. The third-order valence-corrected chi connectivity index (χ3v) is 4.91. The third-order valence-electron chi connectivity index (χ3n) is 4.91. The van der Waals surface area contributed by atoms with Gasteiger partial charge in [0.2, 0.25) is 0 Å². The first kappa shape index (κ1) is 17.0. The monoisotopic (exact) mass is 337 g/mol. The SMILES string of the molecule is CCOCCN1C(N2CCCCCC2)=NC2C1C(=O)NC(=O)N2C. The van der Waals surface area contributed by atoms with Crippen LogP contribution in [0.4, 0.5) is 4.79 Å². The van der Waals surface area contributed by atoms with Crippen molar-refractivity contribution >= 4 is 17.9 Å². The molecule has 134 valence electrons. The second-order valence-corrected chi connectivity index (χ2v) is 6.48. The van der Waals surface area contributed by atoms with Gasteiger partial charge in [0, 0.05) is 33.3 Å². The summed E-state index contributed by atoms with van der Waals surface area (Å²) in [6, 6.07) is -0.849. The molecule has 3 aliphatic rings. The van der Waals surface area contributed by atoms with Gasteiger partial charge in [0.1, 0.15) is 0 Å². The van der Waals surface area contributed by atoms with Crippen molar-refractivity contribution in [1.82, 2.24) is 20.0 Å². The summed E-state index contributed by atoms with van der Waals surface area (Å²) in [4.78, 5) is 34.9. The van der Waals surface area contributed by atoms with Crippen molar-refractivity contribution in [2.45, 2.75) is 44.8 Å². The molecular formula is C16H27N5O3. The maximum Gasteiger partial charge on any atom is 0.325 e. The van der Waals surface area contributed by atoms with Gasteiger partial charge in [-0.05, 0) is 19.8 Å². The molecule has 8 heteroatoms. The molecule has 0 aromatic carbocycles. The Hall–Kier alpha value is -1.83. The topological polar surface area (TPSA) is 77.5 Å². The number of guanidine groups is 1. The number of fused-ring (bicyclic) bond motifs is 1. The molecule has 2 unspecified atom stereocenters. The smallest absolute Gasteiger partial charge is 0.325 e. The molecule has 2 fully saturated rings. The lowest BCUT2D eigenvalue weighted by Crippen LogP contribution is -2.64. The molecule has 3 aliphatic heterocycles. The number of hydrogen-bond acceptors (Lipinski definition) is 6. The lowest BCUT2D eigenvalue weighted by Gasteiger charge is -2.37. The van der Waals surface area contributed by atoms with Crippen LogP contribution in [0.25, 0.3) is 0 Å². The van der Waals surface area contributed by atoms with Crippen molar-refractivity contribution in [2.75, 3.05) is 39.9 Å². The molecule has 2 saturated heterocycles. The summed E-state index contributed by atoms with van der Waals surface area (Å²) in [6.45, 7) is 5.63. The van der Waals surface area contributed by atoms with E-state index < -0.39 is 12.2 Å². The number of carbonyl (C=O) groups is 2. The molecule has 0 spiro atoms. The maximum absolute atomic E-state index is 12.4. The quantitative estimate of drug-likeness (QED) is 0.754. The highest BCUT2D eigenvalue weighted by Gasteiger charge is 2.49. The number of likely N-dealkylation sites (N-methyl/N-ethyl adjacent to an activating group) is 1. The molecule has 0 aromatic rings. The van der Waals surface area contributed by atoms with Crippen LogP contribution >= 0.6 is 0 Å². The third kappa shape index (κ3) is 3.19.